The number of hydrogen-bond acceptors (Lipinski definition) is 5. The Morgan fingerprint density at radius 1 is 1.22 bits per heavy atom. The number of rotatable bonds is 5. The Hall–Kier alpha value is -3.19. The number of nitro groups is 1. The molecule has 0 unspecified atom stereocenters. The maximum atomic E-state index is 12.8. The lowest BCUT2D eigenvalue weighted by atomic mass is 10.0. The molecule has 0 fully saturated rings. The van der Waals surface area contributed by atoms with Crippen molar-refractivity contribution in [1.82, 2.24) is 4.98 Å². The van der Waals surface area contributed by atoms with Crippen molar-refractivity contribution in [2.75, 3.05) is 0 Å². The number of esters is 1. The number of fused-ring (bicyclic) bond motifs is 1. The van der Waals surface area contributed by atoms with Gasteiger partial charge in [0.25, 0.3) is 5.69 Å². The summed E-state index contributed by atoms with van der Waals surface area (Å²) in [5.74, 6) is -1.38. The molecule has 3 rings (SSSR count). The minimum Gasteiger partial charge on any atom is -0.450 e. The zero-order valence-electron chi connectivity index (χ0n) is 14.5. The number of Topliss-reactive ketones (excluding diaryl/α,β-unsaturated/α-hetero) is 1. The van der Waals surface area contributed by atoms with E-state index in [1.165, 1.54) is 13.0 Å². The van der Waals surface area contributed by atoms with Crippen molar-refractivity contribution in [1.29, 1.82) is 0 Å². The van der Waals surface area contributed by atoms with Gasteiger partial charge in [0.05, 0.1) is 4.92 Å². The largest absolute Gasteiger partial charge is 0.450 e. The van der Waals surface area contributed by atoms with Crippen LogP contribution in [-0.4, -0.2) is 27.8 Å². The van der Waals surface area contributed by atoms with Gasteiger partial charge in [-0.05, 0) is 32.0 Å². The summed E-state index contributed by atoms with van der Waals surface area (Å²) in [5, 5.41) is 12.0. The van der Waals surface area contributed by atoms with Crippen LogP contribution in [0.4, 0.5) is 5.69 Å². The second-order valence-electron chi connectivity index (χ2n) is 6.00. The van der Waals surface area contributed by atoms with Crippen LogP contribution in [0, 0.1) is 17.0 Å². The first-order chi connectivity index (χ1) is 12.8. The molecule has 27 heavy (non-hydrogen) atoms. The van der Waals surface area contributed by atoms with Gasteiger partial charge >= 0.3 is 5.97 Å². The highest BCUT2D eigenvalue weighted by atomic mass is 35.5. The maximum Gasteiger partial charge on any atom is 0.345 e. The van der Waals surface area contributed by atoms with E-state index >= 15 is 0 Å². The highest BCUT2D eigenvalue weighted by Gasteiger charge is 2.28. The third kappa shape index (κ3) is 3.54. The molecule has 0 amide bonds. The molecule has 0 aliphatic heterocycles. The number of carbonyl (C=O) groups is 2. The fraction of sp³-hybridized carbons (Fsp3) is 0.158. The average molecular weight is 387 g/mol. The van der Waals surface area contributed by atoms with Gasteiger partial charge < -0.3 is 9.72 Å². The molecule has 7 nitrogen and oxygen atoms in total. The van der Waals surface area contributed by atoms with Gasteiger partial charge in [-0.1, -0.05) is 29.8 Å². The van der Waals surface area contributed by atoms with E-state index in [4.69, 9.17) is 16.3 Å². The smallest absolute Gasteiger partial charge is 0.345 e. The molecular weight excluding hydrogens is 372 g/mol. The van der Waals surface area contributed by atoms with Crippen molar-refractivity contribution in [3.05, 3.63) is 74.4 Å². The summed E-state index contributed by atoms with van der Waals surface area (Å²) < 4.78 is 5.21. The summed E-state index contributed by atoms with van der Waals surface area (Å²) in [6.07, 6.45) is -1.13. The Morgan fingerprint density at radius 3 is 2.63 bits per heavy atom. The number of hydrogen-bond donors (Lipinski definition) is 1. The van der Waals surface area contributed by atoms with E-state index in [0.717, 1.165) is 23.0 Å². The predicted molar refractivity (Wildman–Crippen MR) is 100 cm³/mol. The van der Waals surface area contributed by atoms with Gasteiger partial charge in [0.2, 0.25) is 5.78 Å². The van der Waals surface area contributed by atoms with Gasteiger partial charge in [-0.2, -0.15) is 0 Å². The van der Waals surface area contributed by atoms with Crippen molar-refractivity contribution >= 4 is 39.9 Å². The number of para-hydroxylation sites is 1. The fourth-order valence-corrected chi connectivity index (χ4v) is 3.08. The molecule has 2 aromatic carbocycles. The number of nitrogens with zero attached hydrogens (tertiary/aromatic N) is 1. The Morgan fingerprint density at radius 2 is 1.93 bits per heavy atom. The first kappa shape index (κ1) is 18.6. The third-order valence-corrected chi connectivity index (χ3v) is 4.40. The number of nitrogens with one attached hydrogen (secondary N) is 1. The Bertz CT molecular complexity index is 1070. The summed E-state index contributed by atoms with van der Waals surface area (Å²) >= 11 is 5.83. The minimum atomic E-state index is -1.13. The normalized spacial score (nSPS) is 12.0. The molecule has 1 aromatic heterocycles. The Labute approximate surface area is 159 Å². The summed E-state index contributed by atoms with van der Waals surface area (Å²) in [5.41, 5.74) is 1.13. The van der Waals surface area contributed by atoms with E-state index in [2.05, 4.69) is 4.98 Å². The minimum absolute atomic E-state index is 0.152. The van der Waals surface area contributed by atoms with Crippen LogP contribution in [0.5, 0.6) is 0 Å². The molecule has 138 valence electrons. The van der Waals surface area contributed by atoms with Gasteiger partial charge in [0, 0.05) is 33.2 Å². The summed E-state index contributed by atoms with van der Waals surface area (Å²) in [4.78, 5) is 38.8. The van der Waals surface area contributed by atoms with Gasteiger partial charge in [-0.3, -0.25) is 14.9 Å². The second-order valence-corrected chi connectivity index (χ2v) is 6.44. The number of aromatic nitrogens is 1. The molecule has 0 saturated heterocycles. The predicted octanol–water partition coefficient (Wildman–Crippen LogP) is 4.47. The van der Waals surface area contributed by atoms with Crippen LogP contribution in [0.3, 0.4) is 0 Å². The van der Waals surface area contributed by atoms with Crippen molar-refractivity contribution < 1.29 is 19.2 Å². The molecule has 0 radical (unpaired) electrons. The fourth-order valence-electron chi connectivity index (χ4n) is 2.91. The van der Waals surface area contributed by atoms with Gasteiger partial charge in [0.15, 0.2) is 6.10 Å². The SMILES string of the molecule is Cc1[nH]c2ccccc2c1C(=O)[C@@H](C)OC(=O)c1cc(Cl)ccc1[N+](=O)[O-]. The van der Waals surface area contributed by atoms with Crippen LogP contribution in [-0.2, 0) is 4.74 Å². The topological polar surface area (TPSA) is 102 Å². The molecule has 0 bridgehead atoms. The molecule has 0 aliphatic carbocycles. The van der Waals surface area contributed by atoms with Crippen LogP contribution in [0.1, 0.15) is 33.3 Å². The van der Waals surface area contributed by atoms with Crippen molar-refractivity contribution in [3.63, 3.8) is 0 Å². The Balaban J connectivity index is 1.89. The first-order valence-electron chi connectivity index (χ1n) is 8.06. The average Bonchev–Trinajstić information content (AvgIpc) is 2.96. The van der Waals surface area contributed by atoms with E-state index in [-0.39, 0.29) is 10.6 Å². The molecule has 3 aromatic rings. The molecular formula is C19H15ClN2O5. The highest BCUT2D eigenvalue weighted by Crippen LogP contribution is 2.26. The quantitative estimate of drug-likeness (QED) is 0.301. The number of aromatic amines is 1. The van der Waals surface area contributed by atoms with Crippen LogP contribution >= 0.6 is 11.6 Å². The van der Waals surface area contributed by atoms with Crippen molar-refractivity contribution in [3.8, 4) is 0 Å². The van der Waals surface area contributed by atoms with Crippen LogP contribution in [0.2, 0.25) is 5.02 Å². The van der Waals surface area contributed by atoms with E-state index in [1.54, 1.807) is 19.1 Å². The molecule has 0 aliphatic rings. The monoisotopic (exact) mass is 386 g/mol. The standard InChI is InChI=1S/C19H15ClN2O5/c1-10-17(13-5-3-4-6-15(13)21-10)18(23)11(2)27-19(24)14-9-12(20)7-8-16(14)22(25)26/h3-9,11,21H,1-2H3/t11-/m1/s1. The number of halogens is 1. The number of ether oxygens (including phenoxy) is 1. The van der Waals surface area contributed by atoms with Crippen molar-refractivity contribution in [2.24, 2.45) is 0 Å². The zero-order valence-corrected chi connectivity index (χ0v) is 15.2. The van der Waals surface area contributed by atoms with E-state index in [1.807, 2.05) is 12.1 Å². The van der Waals surface area contributed by atoms with Gasteiger partial charge in [-0.15, -0.1) is 0 Å². The molecule has 1 N–H and O–H groups in total. The number of ketones is 1. The zero-order chi connectivity index (χ0) is 19.7. The lowest BCUT2D eigenvalue weighted by Crippen LogP contribution is -2.25. The van der Waals surface area contributed by atoms with Crippen LogP contribution in [0.15, 0.2) is 42.5 Å². The number of H-pyrrole nitrogens is 1. The summed E-state index contributed by atoms with van der Waals surface area (Å²) in [7, 11) is 0. The van der Waals surface area contributed by atoms with E-state index in [0.29, 0.717) is 11.3 Å². The lowest BCUT2D eigenvalue weighted by Gasteiger charge is -2.13. The first-order valence-corrected chi connectivity index (χ1v) is 8.44. The van der Waals surface area contributed by atoms with Gasteiger partial charge in [-0.25, -0.2) is 4.79 Å². The number of carbonyl (C=O) groups excluding carboxylic acids is 2. The highest BCUT2D eigenvalue weighted by molar-refractivity contribution is 6.31. The Kier molecular flexibility index (Phi) is 4.96. The molecule has 1 atom stereocenters. The summed E-state index contributed by atoms with van der Waals surface area (Å²) in [6, 6.07) is 10.9. The van der Waals surface area contributed by atoms with Crippen LogP contribution in [0.25, 0.3) is 10.9 Å². The molecule has 0 saturated carbocycles. The van der Waals surface area contributed by atoms with E-state index in [9.17, 15) is 19.7 Å². The van der Waals surface area contributed by atoms with Crippen LogP contribution < -0.4 is 0 Å². The second kappa shape index (κ2) is 7.20. The summed E-state index contributed by atoms with van der Waals surface area (Å²) in [6.45, 7) is 3.18. The lowest BCUT2D eigenvalue weighted by molar-refractivity contribution is -0.385. The molecule has 1 heterocycles. The third-order valence-electron chi connectivity index (χ3n) is 4.17. The maximum absolute atomic E-state index is 12.8. The molecule has 8 heteroatoms. The number of benzene rings is 2. The van der Waals surface area contributed by atoms with Gasteiger partial charge in [0.1, 0.15) is 5.56 Å². The number of nitro benzene ring substituents is 1. The molecule has 0 spiro atoms. The van der Waals surface area contributed by atoms with Crippen molar-refractivity contribution in [2.45, 2.75) is 20.0 Å². The number of aryl methyl sites for hydroxylation is 1. The van der Waals surface area contributed by atoms with E-state index < -0.39 is 28.5 Å².